The van der Waals surface area contributed by atoms with Crippen LogP contribution >= 0.6 is 11.8 Å². The number of tetrazole rings is 1. The number of aromatic nitrogens is 4. The topological polar surface area (TPSA) is 73.1 Å². The molecule has 1 atom stereocenters. The van der Waals surface area contributed by atoms with Crippen LogP contribution in [-0.4, -0.2) is 43.8 Å². The Bertz CT molecular complexity index is 685. The molecule has 0 bridgehead atoms. The van der Waals surface area contributed by atoms with Gasteiger partial charge in [0.25, 0.3) is 0 Å². The van der Waals surface area contributed by atoms with Gasteiger partial charge in [-0.2, -0.15) is 0 Å². The van der Waals surface area contributed by atoms with E-state index in [0.29, 0.717) is 11.8 Å². The average Bonchev–Trinajstić information content (AvgIpc) is 3.27. The highest BCUT2D eigenvalue weighted by Gasteiger charge is 2.28. The third-order valence-electron chi connectivity index (χ3n) is 4.05. The Morgan fingerprint density at radius 1 is 1.30 bits per heavy atom. The van der Waals surface area contributed by atoms with Gasteiger partial charge in [0.05, 0.1) is 12.1 Å². The van der Waals surface area contributed by atoms with Crippen LogP contribution in [0, 0.1) is 20.8 Å². The van der Waals surface area contributed by atoms with Gasteiger partial charge in [-0.05, 0) is 60.7 Å². The van der Waals surface area contributed by atoms with Crippen molar-refractivity contribution in [2.45, 2.75) is 50.9 Å². The monoisotopic (exact) mass is 334 g/mol. The van der Waals surface area contributed by atoms with E-state index in [2.05, 4.69) is 28.5 Å². The molecule has 1 fully saturated rings. The summed E-state index contributed by atoms with van der Waals surface area (Å²) in [5, 5.41) is 22.7. The van der Waals surface area contributed by atoms with Crippen LogP contribution in [0.3, 0.4) is 0 Å². The zero-order valence-corrected chi connectivity index (χ0v) is 14.5. The fourth-order valence-corrected chi connectivity index (χ4v) is 3.22. The van der Waals surface area contributed by atoms with E-state index >= 15 is 0 Å². The summed E-state index contributed by atoms with van der Waals surface area (Å²) in [6.45, 7) is 6.39. The number of aliphatic hydroxyl groups is 1. The first kappa shape index (κ1) is 16.3. The van der Waals surface area contributed by atoms with Crippen LogP contribution in [0.2, 0.25) is 0 Å². The van der Waals surface area contributed by atoms with Crippen LogP contribution < -0.4 is 4.74 Å². The highest BCUT2D eigenvalue weighted by Crippen LogP contribution is 2.36. The normalized spacial score (nSPS) is 15.7. The van der Waals surface area contributed by atoms with Crippen molar-refractivity contribution in [3.8, 4) is 5.75 Å². The van der Waals surface area contributed by atoms with Gasteiger partial charge in [0.15, 0.2) is 0 Å². The number of rotatable bonds is 7. The van der Waals surface area contributed by atoms with Crippen LogP contribution in [0.4, 0.5) is 0 Å². The molecule has 2 aromatic rings. The first-order valence-electron chi connectivity index (χ1n) is 7.84. The zero-order chi connectivity index (χ0) is 16.4. The molecule has 3 rings (SSSR count). The third kappa shape index (κ3) is 3.84. The van der Waals surface area contributed by atoms with Gasteiger partial charge in [-0.1, -0.05) is 23.9 Å². The molecule has 1 aromatic heterocycles. The number of hydrogen-bond acceptors (Lipinski definition) is 6. The molecule has 1 aliphatic rings. The van der Waals surface area contributed by atoms with E-state index in [9.17, 15) is 5.11 Å². The number of aliphatic hydroxyl groups excluding tert-OH is 1. The SMILES string of the molecule is Cc1ccc(C)c(OCC(O)CSc2nnnn2C2CC2)c1C. The standard InChI is InChI=1S/C16H22N4O2S/c1-10-4-5-11(2)15(12(10)3)22-8-14(21)9-23-16-17-18-19-20(16)13-6-7-13/h4-5,13-14,21H,6-9H2,1-3H3. The molecular formula is C16H22N4O2S. The number of aryl methyl sites for hydroxylation is 2. The van der Waals surface area contributed by atoms with Crippen LogP contribution in [0.15, 0.2) is 17.3 Å². The Kier molecular flexibility index (Phi) is 4.87. The molecule has 124 valence electrons. The lowest BCUT2D eigenvalue weighted by molar-refractivity contribution is 0.125. The molecule has 1 heterocycles. The van der Waals surface area contributed by atoms with E-state index < -0.39 is 6.10 Å². The maximum absolute atomic E-state index is 10.2. The summed E-state index contributed by atoms with van der Waals surface area (Å²) < 4.78 is 7.70. The second-order valence-corrected chi connectivity index (χ2v) is 7.05. The quantitative estimate of drug-likeness (QED) is 0.784. The minimum absolute atomic E-state index is 0.267. The van der Waals surface area contributed by atoms with Crippen molar-refractivity contribution >= 4 is 11.8 Å². The van der Waals surface area contributed by atoms with E-state index in [4.69, 9.17) is 4.74 Å². The van der Waals surface area contributed by atoms with Gasteiger partial charge >= 0.3 is 0 Å². The van der Waals surface area contributed by atoms with Crippen molar-refractivity contribution in [2.24, 2.45) is 0 Å². The van der Waals surface area contributed by atoms with Crippen molar-refractivity contribution in [3.05, 3.63) is 28.8 Å². The number of ether oxygens (including phenoxy) is 1. The molecule has 1 unspecified atom stereocenters. The average molecular weight is 334 g/mol. The maximum Gasteiger partial charge on any atom is 0.209 e. The van der Waals surface area contributed by atoms with E-state index in [-0.39, 0.29) is 6.61 Å². The third-order valence-corrected chi connectivity index (χ3v) is 5.13. The van der Waals surface area contributed by atoms with Gasteiger partial charge in [-0.25, -0.2) is 4.68 Å². The van der Waals surface area contributed by atoms with E-state index in [1.807, 2.05) is 24.6 Å². The van der Waals surface area contributed by atoms with E-state index in [1.165, 1.54) is 17.3 Å². The molecule has 0 saturated heterocycles. The second-order valence-electron chi connectivity index (χ2n) is 6.07. The Balaban J connectivity index is 1.53. The van der Waals surface area contributed by atoms with Crippen molar-refractivity contribution in [2.75, 3.05) is 12.4 Å². The lowest BCUT2D eigenvalue weighted by Crippen LogP contribution is -2.21. The van der Waals surface area contributed by atoms with E-state index in [1.54, 1.807) is 0 Å². The van der Waals surface area contributed by atoms with Crippen molar-refractivity contribution in [1.82, 2.24) is 20.2 Å². The first-order valence-corrected chi connectivity index (χ1v) is 8.83. The Morgan fingerprint density at radius 3 is 2.78 bits per heavy atom. The van der Waals surface area contributed by atoms with Crippen molar-refractivity contribution < 1.29 is 9.84 Å². The lowest BCUT2D eigenvalue weighted by Gasteiger charge is -2.16. The number of benzene rings is 1. The highest BCUT2D eigenvalue weighted by molar-refractivity contribution is 7.99. The van der Waals surface area contributed by atoms with Crippen LogP contribution in [0.5, 0.6) is 5.75 Å². The minimum Gasteiger partial charge on any atom is -0.490 e. The molecule has 1 saturated carbocycles. The van der Waals surface area contributed by atoms with Crippen LogP contribution in [0.25, 0.3) is 0 Å². The molecule has 0 aliphatic heterocycles. The molecule has 0 spiro atoms. The number of nitrogens with zero attached hydrogens (tertiary/aromatic N) is 4. The van der Waals surface area contributed by atoms with Gasteiger partial charge in [-0.3, -0.25) is 0 Å². The lowest BCUT2D eigenvalue weighted by atomic mass is 10.1. The summed E-state index contributed by atoms with van der Waals surface area (Å²) in [6, 6.07) is 4.57. The minimum atomic E-state index is -0.566. The summed E-state index contributed by atoms with van der Waals surface area (Å²) in [5.41, 5.74) is 3.41. The largest absolute Gasteiger partial charge is 0.490 e. The smallest absolute Gasteiger partial charge is 0.209 e. The zero-order valence-electron chi connectivity index (χ0n) is 13.7. The van der Waals surface area contributed by atoms with Gasteiger partial charge < -0.3 is 9.84 Å². The maximum atomic E-state index is 10.2. The van der Waals surface area contributed by atoms with Gasteiger partial charge in [0, 0.05) is 5.75 Å². The first-order chi connectivity index (χ1) is 11.1. The predicted molar refractivity (Wildman–Crippen MR) is 89.0 cm³/mol. The van der Waals surface area contributed by atoms with Crippen LogP contribution in [-0.2, 0) is 0 Å². The molecule has 23 heavy (non-hydrogen) atoms. The van der Waals surface area contributed by atoms with E-state index in [0.717, 1.165) is 34.9 Å². The summed E-state index contributed by atoms with van der Waals surface area (Å²) in [7, 11) is 0. The Labute approximate surface area is 140 Å². The highest BCUT2D eigenvalue weighted by atomic mass is 32.2. The molecule has 1 aliphatic carbocycles. The molecule has 7 heteroatoms. The fraction of sp³-hybridized carbons (Fsp3) is 0.562. The Hall–Kier alpha value is -1.60. The van der Waals surface area contributed by atoms with Gasteiger partial charge in [0.2, 0.25) is 5.16 Å². The molecule has 1 N–H and O–H groups in total. The van der Waals surface area contributed by atoms with Gasteiger partial charge in [-0.15, -0.1) is 5.10 Å². The predicted octanol–water partition coefficient (Wildman–Crippen LogP) is 2.47. The van der Waals surface area contributed by atoms with Crippen molar-refractivity contribution in [1.29, 1.82) is 0 Å². The molecule has 1 aromatic carbocycles. The van der Waals surface area contributed by atoms with Gasteiger partial charge in [0.1, 0.15) is 12.4 Å². The summed E-state index contributed by atoms with van der Waals surface area (Å²) in [4.78, 5) is 0. The molecular weight excluding hydrogens is 312 g/mol. The van der Waals surface area contributed by atoms with Crippen LogP contribution in [0.1, 0.15) is 35.6 Å². The molecule has 6 nitrogen and oxygen atoms in total. The number of hydrogen-bond donors (Lipinski definition) is 1. The second kappa shape index (κ2) is 6.88. The van der Waals surface area contributed by atoms with Crippen molar-refractivity contribution in [3.63, 3.8) is 0 Å². The fourth-order valence-electron chi connectivity index (χ4n) is 2.37. The summed E-state index contributed by atoms with van der Waals surface area (Å²) in [5.74, 6) is 1.38. The number of thioether (sulfide) groups is 1. The summed E-state index contributed by atoms with van der Waals surface area (Å²) in [6.07, 6.45) is 1.70. The molecule has 0 amide bonds. The molecule has 0 radical (unpaired) electrons. The summed E-state index contributed by atoms with van der Waals surface area (Å²) >= 11 is 1.47. The Morgan fingerprint density at radius 2 is 2.04 bits per heavy atom.